The summed E-state index contributed by atoms with van der Waals surface area (Å²) in [7, 11) is 0. The molecule has 1 amide bonds. The lowest BCUT2D eigenvalue weighted by Gasteiger charge is -2.23. The zero-order valence-electron chi connectivity index (χ0n) is 12.5. The molecule has 0 fully saturated rings. The van der Waals surface area contributed by atoms with Crippen LogP contribution in [0.2, 0.25) is 0 Å². The van der Waals surface area contributed by atoms with Crippen LogP contribution in [0.1, 0.15) is 28.0 Å². The Morgan fingerprint density at radius 1 is 1.24 bits per heavy atom. The number of hydrogen-bond acceptors (Lipinski definition) is 3. The van der Waals surface area contributed by atoms with Crippen molar-refractivity contribution in [1.29, 1.82) is 0 Å². The first kappa shape index (κ1) is 15.2. The van der Waals surface area contributed by atoms with Crippen LogP contribution in [0.5, 0.6) is 0 Å². The Labute approximate surface area is 125 Å². The van der Waals surface area contributed by atoms with Crippen molar-refractivity contribution in [2.75, 3.05) is 18.0 Å². The first-order valence-electron chi connectivity index (χ1n) is 7.13. The van der Waals surface area contributed by atoms with Gasteiger partial charge in [-0.2, -0.15) is 0 Å². The molecule has 2 rings (SSSR count). The molecule has 2 aromatic rings. The second-order valence-electron chi connectivity index (χ2n) is 5.12. The van der Waals surface area contributed by atoms with E-state index in [-0.39, 0.29) is 5.91 Å². The minimum atomic E-state index is -0.0143. The van der Waals surface area contributed by atoms with E-state index in [0.717, 1.165) is 23.4 Å². The van der Waals surface area contributed by atoms with Gasteiger partial charge in [0.25, 0.3) is 5.91 Å². The molecule has 0 spiro atoms. The van der Waals surface area contributed by atoms with Gasteiger partial charge in [-0.25, -0.2) is 0 Å². The van der Waals surface area contributed by atoms with Gasteiger partial charge in [0.1, 0.15) is 0 Å². The highest BCUT2D eigenvalue weighted by Crippen LogP contribution is 2.19. The number of nitrogens with two attached hydrogens (primary N) is 1. The average molecular weight is 283 g/mol. The fraction of sp³-hybridized carbons (Fsp3) is 0.294. The first-order chi connectivity index (χ1) is 10.1. The number of hydrogen-bond donors (Lipinski definition) is 1. The van der Waals surface area contributed by atoms with E-state index in [1.165, 1.54) is 0 Å². The molecule has 0 radical (unpaired) electrons. The van der Waals surface area contributed by atoms with Crippen LogP contribution < -0.4 is 10.6 Å². The van der Waals surface area contributed by atoms with Gasteiger partial charge in [0.2, 0.25) is 0 Å². The predicted molar refractivity (Wildman–Crippen MR) is 85.5 cm³/mol. The molecule has 4 heteroatoms. The summed E-state index contributed by atoms with van der Waals surface area (Å²) in [5.41, 5.74) is 9.12. The van der Waals surface area contributed by atoms with E-state index >= 15 is 0 Å². The van der Waals surface area contributed by atoms with Crippen LogP contribution in [0.25, 0.3) is 0 Å². The van der Waals surface area contributed by atoms with Crippen LogP contribution in [0.15, 0.2) is 42.6 Å². The van der Waals surface area contributed by atoms with Crippen LogP contribution >= 0.6 is 0 Å². The number of carbonyl (C=O) groups excluding carboxylic acids is 1. The van der Waals surface area contributed by atoms with E-state index < -0.39 is 0 Å². The molecule has 1 aromatic heterocycles. The fourth-order valence-electron chi connectivity index (χ4n) is 2.23. The molecule has 1 heterocycles. The van der Waals surface area contributed by atoms with Crippen LogP contribution in [0, 0.1) is 13.8 Å². The predicted octanol–water partition coefficient (Wildman–Crippen LogP) is 2.69. The van der Waals surface area contributed by atoms with E-state index in [2.05, 4.69) is 4.98 Å². The molecule has 0 unspecified atom stereocenters. The van der Waals surface area contributed by atoms with Crippen molar-refractivity contribution < 1.29 is 4.79 Å². The molecule has 21 heavy (non-hydrogen) atoms. The second-order valence-corrected chi connectivity index (χ2v) is 5.12. The normalized spacial score (nSPS) is 10.4. The fourth-order valence-corrected chi connectivity index (χ4v) is 2.23. The number of aromatic nitrogens is 1. The van der Waals surface area contributed by atoms with Gasteiger partial charge in [0.05, 0.1) is 0 Å². The lowest BCUT2D eigenvalue weighted by atomic mass is 10.1. The number of nitrogens with zero attached hydrogens (tertiary/aromatic N) is 2. The minimum absolute atomic E-state index is 0.0143. The third-order valence-electron chi connectivity index (χ3n) is 3.29. The van der Waals surface area contributed by atoms with Gasteiger partial charge in [-0.3, -0.25) is 9.78 Å². The number of amides is 1. The molecule has 0 atom stereocenters. The van der Waals surface area contributed by atoms with Crippen molar-refractivity contribution in [2.45, 2.75) is 20.3 Å². The third kappa shape index (κ3) is 3.89. The molecule has 0 bridgehead atoms. The lowest BCUT2D eigenvalue weighted by Crippen LogP contribution is -2.33. The number of rotatable bonds is 5. The Balaban J connectivity index is 2.33. The zero-order valence-corrected chi connectivity index (χ0v) is 12.5. The SMILES string of the molecule is Cc1cccc(N(CCCN)C(=O)c2ccnc(C)c2)c1. The number of pyridine rings is 1. The highest BCUT2D eigenvalue weighted by atomic mass is 16.2. The topological polar surface area (TPSA) is 59.2 Å². The molecule has 0 saturated carbocycles. The summed E-state index contributed by atoms with van der Waals surface area (Å²) in [6.07, 6.45) is 2.43. The van der Waals surface area contributed by atoms with E-state index in [4.69, 9.17) is 5.73 Å². The molecule has 0 aliphatic carbocycles. The zero-order chi connectivity index (χ0) is 15.2. The Morgan fingerprint density at radius 3 is 2.71 bits per heavy atom. The van der Waals surface area contributed by atoms with Crippen molar-refractivity contribution in [3.63, 3.8) is 0 Å². The van der Waals surface area contributed by atoms with E-state index in [1.54, 1.807) is 17.2 Å². The van der Waals surface area contributed by atoms with E-state index in [1.807, 2.05) is 44.2 Å². The summed E-state index contributed by atoms with van der Waals surface area (Å²) in [6, 6.07) is 11.5. The van der Waals surface area contributed by atoms with Crippen molar-refractivity contribution >= 4 is 11.6 Å². The van der Waals surface area contributed by atoms with Crippen LogP contribution in [-0.2, 0) is 0 Å². The molecule has 0 aliphatic rings. The van der Waals surface area contributed by atoms with Gasteiger partial charge >= 0.3 is 0 Å². The minimum Gasteiger partial charge on any atom is -0.330 e. The Hall–Kier alpha value is -2.20. The van der Waals surface area contributed by atoms with Crippen LogP contribution in [0.4, 0.5) is 5.69 Å². The third-order valence-corrected chi connectivity index (χ3v) is 3.29. The van der Waals surface area contributed by atoms with Crippen molar-refractivity contribution in [3.8, 4) is 0 Å². The summed E-state index contributed by atoms with van der Waals surface area (Å²) >= 11 is 0. The maximum Gasteiger partial charge on any atom is 0.258 e. The van der Waals surface area contributed by atoms with Crippen molar-refractivity contribution in [3.05, 3.63) is 59.4 Å². The maximum atomic E-state index is 12.8. The number of benzene rings is 1. The van der Waals surface area contributed by atoms with Gasteiger partial charge in [-0.1, -0.05) is 12.1 Å². The van der Waals surface area contributed by atoms with E-state index in [9.17, 15) is 4.79 Å². The van der Waals surface area contributed by atoms with Gasteiger partial charge in [-0.15, -0.1) is 0 Å². The molecule has 110 valence electrons. The molecule has 0 saturated heterocycles. The molecular weight excluding hydrogens is 262 g/mol. The van der Waals surface area contributed by atoms with Crippen molar-refractivity contribution in [2.24, 2.45) is 5.73 Å². The Kier molecular flexibility index (Phi) is 5.06. The Morgan fingerprint density at radius 2 is 2.05 bits per heavy atom. The van der Waals surface area contributed by atoms with Gasteiger partial charge in [0, 0.05) is 29.7 Å². The maximum absolute atomic E-state index is 12.8. The largest absolute Gasteiger partial charge is 0.330 e. The summed E-state index contributed by atoms with van der Waals surface area (Å²) < 4.78 is 0. The highest BCUT2D eigenvalue weighted by Gasteiger charge is 2.17. The molecule has 0 aliphatic heterocycles. The summed E-state index contributed by atoms with van der Waals surface area (Å²) in [6.45, 7) is 5.07. The quantitative estimate of drug-likeness (QED) is 0.917. The number of anilines is 1. The monoisotopic (exact) mass is 283 g/mol. The molecular formula is C17H21N3O. The second kappa shape index (κ2) is 6.99. The summed E-state index contributed by atoms with van der Waals surface area (Å²) in [5, 5.41) is 0. The molecule has 2 N–H and O–H groups in total. The van der Waals surface area contributed by atoms with Crippen LogP contribution in [0.3, 0.4) is 0 Å². The smallest absolute Gasteiger partial charge is 0.258 e. The highest BCUT2D eigenvalue weighted by molar-refractivity contribution is 6.06. The average Bonchev–Trinajstić information content (AvgIpc) is 2.47. The van der Waals surface area contributed by atoms with Crippen molar-refractivity contribution in [1.82, 2.24) is 4.98 Å². The van der Waals surface area contributed by atoms with Gasteiger partial charge in [0.15, 0.2) is 0 Å². The summed E-state index contributed by atoms with van der Waals surface area (Å²) in [5.74, 6) is -0.0143. The Bertz CT molecular complexity index is 625. The van der Waals surface area contributed by atoms with Gasteiger partial charge in [-0.05, 0) is 56.6 Å². The molecule has 1 aromatic carbocycles. The van der Waals surface area contributed by atoms with E-state index in [0.29, 0.717) is 18.7 Å². The number of carbonyl (C=O) groups is 1. The summed E-state index contributed by atoms with van der Waals surface area (Å²) in [4.78, 5) is 18.7. The van der Waals surface area contributed by atoms with Crippen LogP contribution in [-0.4, -0.2) is 24.0 Å². The lowest BCUT2D eigenvalue weighted by molar-refractivity contribution is 0.0986. The number of aryl methyl sites for hydroxylation is 2. The molecule has 4 nitrogen and oxygen atoms in total. The first-order valence-corrected chi connectivity index (χ1v) is 7.13. The standard InChI is InChI=1S/C17H21N3O/c1-13-5-3-6-16(11-13)20(10-4-8-18)17(21)15-7-9-19-14(2)12-15/h3,5-7,9,11-12H,4,8,10,18H2,1-2H3. The van der Waals surface area contributed by atoms with Gasteiger partial charge < -0.3 is 10.6 Å².